The molecule has 0 saturated heterocycles. The number of ether oxygens (including phenoxy) is 1. The number of carbonyl (C=O) groups excluding carboxylic acids is 1. The molecular weight excluding hydrogens is 271 g/mol. The molecule has 7 heteroatoms. The van der Waals surface area contributed by atoms with Gasteiger partial charge in [0.1, 0.15) is 11.9 Å². The summed E-state index contributed by atoms with van der Waals surface area (Å²) in [6.45, 7) is 0. The monoisotopic (exact) mass is 286 g/mol. The van der Waals surface area contributed by atoms with Crippen molar-refractivity contribution in [2.75, 3.05) is 7.11 Å². The van der Waals surface area contributed by atoms with E-state index in [2.05, 4.69) is 4.74 Å². The number of benzene rings is 1. The van der Waals surface area contributed by atoms with Crippen LogP contribution in [0, 0.1) is 5.82 Å². The zero-order valence-corrected chi connectivity index (χ0v) is 10.7. The van der Waals surface area contributed by atoms with Crippen LogP contribution in [-0.4, -0.2) is 40.5 Å². The fraction of sp³-hybridized carbons (Fsp3) is 0.385. The van der Waals surface area contributed by atoms with Gasteiger partial charge in [0.15, 0.2) is 0 Å². The molecule has 0 radical (unpaired) electrons. The zero-order chi connectivity index (χ0) is 15.3. The van der Waals surface area contributed by atoms with E-state index < -0.39 is 42.8 Å². The first-order valence-electron chi connectivity index (χ1n) is 5.78. The van der Waals surface area contributed by atoms with Crippen molar-refractivity contribution < 1.29 is 34.0 Å². The Morgan fingerprint density at radius 3 is 2.55 bits per heavy atom. The Hall–Kier alpha value is -1.99. The predicted molar refractivity (Wildman–Crippen MR) is 65.3 cm³/mol. The second-order valence-corrected chi connectivity index (χ2v) is 4.21. The Balaban J connectivity index is 3.00. The van der Waals surface area contributed by atoms with Gasteiger partial charge in [0.05, 0.1) is 26.1 Å². The van der Waals surface area contributed by atoms with Gasteiger partial charge in [-0.3, -0.25) is 9.59 Å². The number of aliphatic carboxylic acids is 1. The summed E-state index contributed by atoms with van der Waals surface area (Å²) in [5, 5.41) is 28.4. The number of hydrogen-bond acceptors (Lipinski definition) is 5. The van der Waals surface area contributed by atoms with Crippen molar-refractivity contribution in [3.8, 4) is 0 Å². The normalized spacial score (nSPS) is 13.6. The minimum absolute atomic E-state index is 0.0659. The molecule has 2 atom stereocenters. The number of hydrogen-bond donors (Lipinski definition) is 3. The zero-order valence-electron chi connectivity index (χ0n) is 10.7. The number of methoxy groups -OCH3 is 1. The van der Waals surface area contributed by atoms with E-state index in [4.69, 9.17) is 5.11 Å². The molecule has 0 aromatic heterocycles. The van der Waals surface area contributed by atoms with Crippen molar-refractivity contribution in [3.05, 3.63) is 35.1 Å². The van der Waals surface area contributed by atoms with E-state index in [1.807, 2.05) is 0 Å². The molecule has 6 nitrogen and oxygen atoms in total. The number of aliphatic hydroxyl groups excluding tert-OH is 2. The van der Waals surface area contributed by atoms with Gasteiger partial charge in [-0.1, -0.05) is 6.07 Å². The van der Waals surface area contributed by atoms with Gasteiger partial charge >= 0.3 is 11.9 Å². The molecule has 1 rings (SSSR count). The molecular formula is C13H15FO6. The number of carboxylic acid groups (broad SMARTS) is 1. The highest BCUT2D eigenvalue weighted by molar-refractivity contribution is 5.71. The highest BCUT2D eigenvalue weighted by Gasteiger charge is 2.25. The predicted octanol–water partition coefficient (Wildman–Crippen LogP) is 0.410. The molecule has 0 amide bonds. The lowest BCUT2D eigenvalue weighted by Crippen LogP contribution is -2.24. The summed E-state index contributed by atoms with van der Waals surface area (Å²) in [6, 6.07) is 3.21. The lowest BCUT2D eigenvalue weighted by Gasteiger charge is -2.19. The molecule has 0 aliphatic heterocycles. The molecule has 1 aromatic rings. The average molecular weight is 286 g/mol. The maximum absolute atomic E-state index is 13.2. The number of halogens is 1. The Labute approximate surface area is 114 Å². The van der Waals surface area contributed by atoms with E-state index in [0.717, 1.165) is 19.2 Å². The fourth-order valence-corrected chi connectivity index (χ4v) is 1.74. The Bertz CT molecular complexity index is 502. The van der Waals surface area contributed by atoms with Gasteiger partial charge in [-0.15, -0.1) is 0 Å². The van der Waals surface area contributed by atoms with Crippen molar-refractivity contribution in [3.63, 3.8) is 0 Å². The first kappa shape index (κ1) is 16.1. The van der Waals surface area contributed by atoms with Crippen LogP contribution < -0.4 is 0 Å². The van der Waals surface area contributed by atoms with Crippen LogP contribution in [0.4, 0.5) is 4.39 Å². The van der Waals surface area contributed by atoms with Crippen LogP contribution in [0.3, 0.4) is 0 Å². The first-order chi connectivity index (χ1) is 9.35. The van der Waals surface area contributed by atoms with Crippen LogP contribution in [0.2, 0.25) is 0 Å². The van der Waals surface area contributed by atoms with Gasteiger partial charge in [-0.2, -0.15) is 0 Å². The number of esters is 1. The van der Waals surface area contributed by atoms with E-state index in [0.29, 0.717) is 0 Å². The maximum atomic E-state index is 13.2. The van der Waals surface area contributed by atoms with Crippen LogP contribution in [0.25, 0.3) is 0 Å². The molecule has 0 aliphatic carbocycles. The van der Waals surface area contributed by atoms with Crippen LogP contribution in [0.15, 0.2) is 18.2 Å². The summed E-state index contributed by atoms with van der Waals surface area (Å²) < 4.78 is 17.6. The highest BCUT2D eigenvalue weighted by Crippen LogP contribution is 2.24. The molecule has 0 spiro atoms. The van der Waals surface area contributed by atoms with E-state index in [-0.39, 0.29) is 11.1 Å². The SMILES string of the molecule is COC(=O)CC(O)C(O)c1cc(F)ccc1CC(=O)O. The standard InChI is InChI=1S/C13H15FO6/c1-20-12(18)6-10(15)13(19)9-5-8(14)3-2-7(9)4-11(16)17/h2-3,5,10,13,15,19H,4,6H2,1H3,(H,16,17). The molecule has 0 bridgehead atoms. The Morgan fingerprint density at radius 1 is 1.35 bits per heavy atom. The fourth-order valence-electron chi connectivity index (χ4n) is 1.74. The molecule has 0 aliphatic rings. The van der Waals surface area contributed by atoms with Crippen LogP contribution >= 0.6 is 0 Å². The molecule has 0 heterocycles. The van der Waals surface area contributed by atoms with Crippen molar-refractivity contribution in [1.82, 2.24) is 0 Å². The highest BCUT2D eigenvalue weighted by atomic mass is 19.1. The second-order valence-electron chi connectivity index (χ2n) is 4.21. The smallest absolute Gasteiger partial charge is 0.308 e. The van der Waals surface area contributed by atoms with Crippen LogP contribution in [-0.2, 0) is 20.7 Å². The van der Waals surface area contributed by atoms with Gasteiger partial charge in [-0.05, 0) is 23.3 Å². The van der Waals surface area contributed by atoms with Gasteiger partial charge in [0, 0.05) is 0 Å². The number of aliphatic hydroxyl groups is 2. The molecule has 0 saturated carbocycles. The molecule has 2 unspecified atom stereocenters. The van der Waals surface area contributed by atoms with Crippen LogP contribution in [0.1, 0.15) is 23.7 Å². The number of rotatable bonds is 6. The molecule has 3 N–H and O–H groups in total. The third-order valence-corrected chi connectivity index (χ3v) is 2.74. The van der Waals surface area contributed by atoms with E-state index in [9.17, 15) is 24.2 Å². The molecule has 0 fully saturated rings. The van der Waals surface area contributed by atoms with Gasteiger partial charge in [0.25, 0.3) is 0 Å². The van der Waals surface area contributed by atoms with Gasteiger partial charge in [0.2, 0.25) is 0 Å². The maximum Gasteiger partial charge on any atom is 0.308 e. The third-order valence-electron chi connectivity index (χ3n) is 2.74. The quantitative estimate of drug-likeness (QED) is 0.654. The van der Waals surface area contributed by atoms with Crippen molar-refractivity contribution >= 4 is 11.9 Å². The number of carbonyl (C=O) groups is 2. The topological polar surface area (TPSA) is 104 Å². The second kappa shape index (κ2) is 6.97. The minimum Gasteiger partial charge on any atom is -0.481 e. The summed E-state index contributed by atoms with van der Waals surface area (Å²) in [6.07, 6.45) is -4.02. The summed E-state index contributed by atoms with van der Waals surface area (Å²) >= 11 is 0. The Kier molecular flexibility index (Phi) is 5.60. The average Bonchev–Trinajstić information content (AvgIpc) is 2.39. The largest absolute Gasteiger partial charge is 0.481 e. The molecule has 1 aromatic carbocycles. The minimum atomic E-state index is -1.58. The van der Waals surface area contributed by atoms with Crippen LogP contribution in [0.5, 0.6) is 0 Å². The van der Waals surface area contributed by atoms with Crippen molar-refractivity contribution in [2.45, 2.75) is 25.0 Å². The summed E-state index contributed by atoms with van der Waals surface area (Å²) in [5.41, 5.74) is 0.0964. The lowest BCUT2D eigenvalue weighted by atomic mass is 9.95. The van der Waals surface area contributed by atoms with E-state index >= 15 is 0 Å². The lowest BCUT2D eigenvalue weighted by molar-refractivity contribution is -0.145. The van der Waals surface area contributed by atoms with E-state index in [1.54, 1.807) is 0 Å². The first-order valence-corrected chi connectivity index (χ1v) is 5.78. The number of carboxylic acids is 1. The molecule has 110 valence electrons. The van der Waals surface area contributed by atoms with Crippen molar-refractivity contribution in [2.24, 2.45) is 0 Å². The van der Waals surface area contributed by atoms with Gasteiger partial charge in [-0.25, -0.2) is 4.39 Å². The third kappa shape index (κ3) is 4.29. The summed E-state index contributed by atoms with van der Waals surface area (Å²) in [4.78, 5) is 21.7. The summed E-state index contributed by atoms with van der Waals surface area (Å²) in [7, 11) is 1.12. The summed E-state index contributed by atoms with van der Waals surface area (Å²) in [5.74, 6) is -2.58. The van der Waals surface area contributed by atoms with Gasteiger partial charge < -0.3 is 20.1 Å². The van der Waals surface area contributed by atoms with Crippen molar-refractivity contribution in [1.29, 1.82) is 0 Å². The van der Waals surface area contributed by atoms with E-state index in [1.165, 1.54) is 6.07 Å². The molecule has 20 heavy (non-hydrogen) atoms. The Morgan fingerprint density at radius 2 is 2.00 bits per heavy atom.